The molecule has 0 atom stereocenters. The van der Waals surface area contributed by atoms with Crippen LogP contribution >= 0.6 is 0 Å². The Labute approximate surface area is 150 Å². The fourth-order valence-electron chi connectivity index (χ4n) is 3.12. The van der Waals surface area contributed by atoms with E-state index in [1.807, 2.05) is 0 Å². The summed E-state index contributed by atoms with van der Waals surface area (Å²) in [7, 11) is 0. The van der Waals surface area contributed by atoms with E-state index in [9.17, 15) is 44.1 Å². The van der Waals surface area contributed by atoms with Crippen LogP contribution in [0.1, 0.15) is 46.4 Å². The standard InChI is InChI=1S/C16H12N2O9/c19-7-5-6(15(24)25)13(17-8(20)1-2-9(17)21)12(16(26)27)14(7)18-10(22)3-4-11(18)23/h5,19H,1-4H2,(H,24,25)(H,26,27). The van der Waals surface area contributed by atoms with Gasteiger partial charge in [-0.3, -0.25) is 19.2 Å². The zero-order valence-electron chi connectivity index (χ0n) is 13.6. The van der Waals surface area contributed by atoms with E-state index in [0.717, 1.165) is 0 Å². The van der Waals surface area contributed by atoms with Crippen LogP contribution in [0.25, 0.3) is 0 Å². The number of carboxylic acid groups (broad SMARTS) is 2. The molecule has 11 nitrogen and oxygen atoms in total. The van der Waals surface area contributed by atoms with Crippen LogP contribution in [-0.2, 0) is 19.2 Å². The maximum absolute atomic E-state index is 12.1. The zero-order chi connectivity index (χ0) is 20.0. The number of amides is 4. The zero-order valence-corrected chi connectivity index (χ0v) is 13.6. The molecule has 11 heteroatoms. The average Bonchev–Trinajstić information content (AvgIpc) is 3.08. The highest BCUT2D eigenvalue weighted by Gasteiger charge is 2.42. The Bertz CT molecular complexity index is 918. The molecule has 0 bridgehead atoms. The molecule has 2 fully saturated rings. The highest BCUT2D eigenvalue weighted by molar-refractivity contribution is 6.28. The van der Waals surface area contributed by atoms with E-state index in [1.54, 1.807) is 0 Å². The number of phenols is 1. The summed E-state index contributed by atoms with van der Waals surface area (Å²) in [5.41, 5.74) is -3.36. The quantitative estimate of drug-likeness (QED) is 0.616. The van der Waals surface area contributed by atoms with E-state index in [-0.39, 0.29) is 25.7 Å². The molecule has 0 saturated carbocycles. The number of hydrogen-bond acceptors (Lipinski definition) is 7. The molecule has 2 saturated heterocycles. The van der Waals surface area contributed by atoms with Crippen molar-refractivity contribution in [2.75, 3.05) is 9.80 Å². The normalized spacial score (nSPS) is 17.2. The number of carbonyl (C=O) groups is 6. The third kappa shape index (κ3) is 2.69. The Kier molecular flexibility index (Phi) is 4.14. The van der Waals surface area contributed by atoms with Crippen LogP contribution in [0.2, 0.25) is 0 Å². The number of anilines is 2. The molecular weight excluding hydrogens is 364 g/mol. The highest BCUT2D eigenvalue weighted by Crippen LogP contribution is 2.43. The van der Waals surface area contributed by atoms with Gasteiger partial charge in [0.1, 0.15) is 17.0 Å². The molecule has 4 amide bonds. The maximum atomic E-state index is 12.1. The van der Waals surface area contributed by atoms with Crippen molar-refractivity contribution in [1.82, 2.24) is 0 Å². The highest BCUT2D eigenvalue weighted by atomic mass is 16.4. The van der Waals surface area contributed by atoms with Crippen molar-refractivity contribution in [3.63, 3.8) is 0 Å². The van der Waals surface area contributed by atoms with Crippen molar-refractivity contribution in [3.8, 4) is 5.75 Å². The Morgan fingerprint density at radius 3 is 1.52 bits per heavy atom. The number of phenolic OH excluding ortho intramolecular Hbond substituents is 1. The smallest absolute Gasteiger partial charge is 0.340 e. The van der Waals surface area contributed by atoms with Crippen molar-refractivity contribution in [2.24, 2.45) is 0 Å². The van der Waals surface area contributed by atoms with Gasteiger partial charge in [-0.05, 0) is 6.07 Å². The molecule has 0 radical (unpaired) electrons. The monoisotopic (exact) mass is 376 g/mol. The SMILES string of the molecule is O=C(O)c1cc(O)c(N2C(=O)CCC2=O)c(C(=O)O)c1N1C(=O)CCC1=O. The van der Waals surface area contributed by atoms with Crippen LogP contribution in [0.3, 0.4) is 0 Å². The number of hydrogen-bond donors (Lipinski definition) is 3. The molecule has 0 unspecified atom stereocenters. The van der Waals surface area contributed by atoms with E-state index in [1.165, 1.54) is 0 Å². The second-order valence-corrected chi connectivity index (χ2v) is 5.87. The summed E-state index contributed by atoms with van der Waals surface area (Å²) in [6.45, 7) is 0. The number of carboxylic acids is 2. The van der Waals surface area contributed by atoms with E-state index in [4.69, 9.17) is 0 Å². The minimum atomic E-state index is -1.82. The number of aromatic hydroxyl groups is 1. The van der Waals surface area contributed by atoms with Crippen molar-refractivity contribution in [1.29, 1.82) is 0 Å². The first-order valence-electron chi connectivity index (χ1n) is 7.73. The third-order valence-electron chi connectivity index (χ3n) is 4.25. The van der Waals surface area contributed by atoms with Gasteiger partial charge in [0.05, 0.1) is 11.3 Å². The first-order chi connectivity index (χ1) is 12.6. The Hall–Kier alpha value is -3.76. The lowest BCUT2D eigenvalue weighted by atomic mass is 10.0. The topological polar surface area (TPSA) is 170 Å². The molecule has 2 aliphatic heterocycles. The number of rotatable bonds is 4. The minimum Gasteiger partial charge on any atom is -0.506 e. The summed E-state index contributed by atoms with van der Waals surface area (Å²) < 4.78 is 0. The molecule has 140 valence electrons. The summed E-state index contributed by atoms with van der Waals surface area (Å²) in [5.74, 6) is -7.74. The van der Waals surface area contributed by atoms with Gasteiger partial charge in [0.15, 0.2) is 0 Å². The number of imide groups is 2. The molecule has 3 N–H and O–H groups in total. The van der Waals surface area contributed by atoms with Gasteiger partial charge in [0.25, 0.3) is 0 Å². The van der Waals surface area contributed by atoms with Crippen molar-refractivity contribution < 1.29 is 44.1 Å². The van der Waals surface area contributed by atoms with E-state index < -0.39 is 63.8 Å². The van der Waals surface area contributed by atoms with Gasteiger partial charge in [0.2, 0.25) is 23.6 Å². The summed E-state index contributed by atoms with van der Waals surface area (Å²) in [4.78, 5) is 72.6. The van der Waals surface area contributed by atoms with Crippen LogP contribution in [0, 0.1) is 0 Å². The molecule has 27 heavy (non-hydrogen) atoms. The van der Waals surface area contributed by atoms with Gasteiger partial charge >= 0.3 is 11.9 Å². The van der Waals surface area contributed by atoms with E-state index in [2.05, 4.69) is 0 Å². The summed E-state index contributed by atoms with van der Waals surface area (Å²) in [6, 6.07) is 0.608. The fourth-order valence-corrected chi connectivity index (χ4v) is 3.12. The molecule has 0 aliphatic carbocycles. The molecule has 2 aliphatic rings. The minimum absolute atomic E-state index is 0.227. The van der Waals surface area contributed by atoms with Crippen molar-refractivity contribution >= 4 is 46.9 Å². The molecule has 3 rings (SSSR count). The predicted octanol–water partition coefficient (Wildman–Crippen LogP) is 0.0954. The Balaban J connectivity index is 2.41. The van der Waals surface area contributed by atoms with Crippen molar-refractivity contribution in [2.45, 2.75) is 25.7 Å². The van der Waals surface area contributed by atoms with Gasteiger partial charge < -0.3 is 15.3 Å². The van der Waals surface area contributed by atoms with Gasteiger partial charge in [-0.2, -0.15) is 0 Å². The van der Waals surface area contributed by atoms with Gasteiger partial charge in [0, 0.05) is 25.7 Å². The first-order valence-corrected chi connectivity index (χ1v) is 7.73. The van der Waals surface area contributed by atoms with Gasteiger partial charge in [-0.1, -0.05) is 0 Å². The fraction of sp³-hybridized carbons (Fsp3) is 0.250. The number of nitrogens with zero attached hydrogens (tertiary/aromatic N) is 2. The Morgan fingerprint density at radius 1 is 0.741 bits per heavy atom. The van der Waals surface area contributed by atoms with Crippen LogP contribution < -0.4 is 9.80 Å². The molecule has 0 spiro atoms. The van der Waals surface area contributed by atoms with E-state index >= 15 is 0 Å². The van der Waals surface area contributed by atoms with E-state index in [0.29, 0.717) is 15.9 Å². The lowest BCUT2D eigenvalue weighted by molar-refractivity contribution is -0.122. The molecular formula is C16H12N2O9. The molecule has 1 aromatic carbocycles. The lowest BCUT2D eigenvalue weighted by Gasteiger charge is -2.25. The van der Waals surface area contributed by atoms with Gasteiger partial charge in [-0.15, -0.1) is 0 Å². The predicted molar refractivity (Wildman–Crippen MR) is 85.5 cm³/mol. The van der Waals surface area contributed by atoms with Crippen LogP contribution in [-0.4, -0.2) is 50.9 Å². The van der Waals surface area contributed by atoms with Crippen molar-refractivity contribution in [3.05, 3.63) is 17.2 Å². The number of carbonyl (C=O) groups excluding carboxylic acids is 4. The van der Waals surface area contributed by atoms with Crippen LogP contribution in [0.5, 0.6) is 5.75 Å². The molecule has 1 aromatic rings. The van der Waals surface area contributed by atoms with Crippen LogP contribution in [0.15, 0.2) is 6.07 Å². The first kappa shape index (κ1) is 18.0. The summed E-state index contributed by atoms with van der Waals surface area (Å²) >= 11 is 0. The maximum Gasteiger partial charge on any atom is 0.340 e. The number of benzene rings is 1. The number of aromatic carboxylic acids is 2. The second-order valence-electron chi connectivity index (χ2n) is 5.87. The Morgan fingerprint density at radius 2 is 1.15 bits per heavy atom. The van der Waals surface area contributed by atoms with Gasteiger partial charge in [-0.25, -0.2) is 19.4 Å². The third-order valence-corrected chi connectivity index (χ3v) is 4.25. The summed E-state index contributed by atoms with van der Waals surface area (Å²) in [6.07, 6.45) is -0.965. The molecule has 0 aromatic heterocycles. The lowest BCUT2D eigenvalue weighted by Crippen LogP contribution is -2.35. The molecule has 2 heterocycles. The average molecular weight is 376 g/mol. The summed E-state index contributed by atoms with van der Waals surface area (Å²) in [5, 5.41) is 29.2. The largest absolute Gasteiger partial charge is 0.506 e. The van der Waals surface area contributed by atoms with Crippen LogP contribution in [0.4, 0.5) is 11.4 Å². The second kappa shape index (κ2) is 6.20.